The molecule has 3 amide bonds. The Morgan fingerprint density at radius 2 is 1.70 bits per heavy atom. The smallest absolute Gasteiger partial charge is 0.317 e. The minimum atomic E-state index is -3.95. The Kier molecular flexibility index (Phi) is 7.14. The molecule has 1 aromatic carbocycles. The lowest BCUT2D eigenvalue weighted by Gasteiger charge is -2.34. The predicted molar refractivity (Wildman–Crippen MR) is 98.1 cm³/mol. The molecule has 0 radical (unpaired) electrons. The lowest BCUT2D eigenvalue weighted by Crippen LogP contribution is -2.54. The predicted octanol–water partition coefficient (Wildman–Crippen LogP) is 0.710. The highest BCUT2D eigenvalue weighted by molar-refractivity contribution is 7.89. The number of carbonyl (C=O) groups is 2. The molecule has 1 N–H and O–H groups in total. The van der Waals surface area contributed by atoms with Crippen LogP contribution in [-0.2, 0) is 14.8 Å². The van der Waals surface area contributed by atoms with Crippen LogP contribution in [0.4, 0.5) is 9.18 Å². The summed E-state index contributed by atoms with van der Waals surface area (Å²) in [5.41, 5.74) is 0. The first-order valence-corrected chi connectivity index (χ1v) is 10.3. The molecule has 0 bridgehead atoms. The second-order valence-electron chi connectivity index (χ2n) is 6.05. The highest BCUT2D eigenvalue weighted by Gasteiger charge is 2.31. The molecule has 150 valence electrons. The zero-order chi connectivity index (χ0) is 20.0. The minimum Gasteiger partial charge on any atom is -0.342 e. The van der Waals surface area contributed by atoms with Crippen molar-refractivity contribution >= 4 is 22.0 Å². The van der Waals surface area contributed by atoms with E-state index < -0.39 is 21.9 Å². The van der Waals surface area contributed by atoms with Gasteiger partial charge in [0.2, 0.25) is 15.9 Å². The zero-order valence-electron chi connectivity index (χ0n) is 15.5. The van der Waals surface area contributed by atoms with Crippen molar-refractivity contribution < 1.29 is 22.4 Å². The summed E-state index contributed by atoms with van der Waals surface area (Å²) < 4.78 is 40.1. The van der Waals surface area contributed by atoms with E-state index in [0.717, 1.165) is 10.4 Å². The fourth-order valence-corrected chi connectivity index (χ4v) is 4.36. The van der Waals surface area contributed by atoms with Crippen LogP contribution in [0.3, 0.4) is 0 Å². The van der Waals surface area contributed by atoms with Crippen LogP contribution in [-0.4, -0.2) is 80.3 Å². The van der Waals surface area contributed by atoms with Gasteiger partial charge in [0, 0.05) is 39.3 Å². The van der Waals surface area contributed by atoms with E-state index in [2.05, 4.69) is 5.32 Å². The number of carbonyl (C=O) groups excluding carboxylic acids is 2. The van der Waals surface area contributed by atoms with E-state index >= 15 is 0 Å². The Morgan fingerprint density at radius 1 is 1.11 bits per heavy atom. The fraction of sp³-hybridized carbons (Fsp3) is 0.529. The molecule has 10 heteroatoms. The van der Waals surface area contributed by atoms with Gasteiger partial charge in [-0.1, -0.05) is 12.1 Å². The maximum atomic E-state index is 13.8. The van der Waals surface area contributed by atoms with Crippen LogP contribution in [0.15, 0.2) is 29.2 Å². The number of nitrogens with one attached hydrogen (secondary N) is 1. The SMILES string of the molecule is CCN(CC)C(=O)CNC(=O)N1CCN(S(=O)(=O)c2ccccc2F)CC1. The molecular formula is C17H25FN4O4S. The molecular weight excluding hydrogens is 375 g/mol. The van der Waals surface area contributed by atoms with E-state index in [4.69, 9.17) is 0 Å². The standard InChI is InChI=1S/C17H25FN4O4S/c1-3-20(4-2)16(23)13-19-17(24)21-9-11-22(12-10-21)27(25,26)15-8-6-5-7-14(15)18/h5-8H,3-4,9-13H2,1-2H3,(H,19,24). The van der Waals surface area contributed by atoms with Crippen molar-refractivity contribution in [1.82, 2.24) is 19.4 Å². The van der Waals surface area contributed by atoms with E-state index in [-0.39, 0.29) is 43.5 Å². The average Bonchev–Trinajstić information content (AvgIpc) is 2.67. The van der Waals surface area contributed by atoms with Gasteiger partial charge in [-0.05, 0) is 26.0 Å². The van der Waals surface area contributed by atoms with Gasteiger partial charge in [-0.2, -0.15) is 4.31 Å². The molecule has 0 spiro atoms. The summed E-state index contributed by atoms with van der Waals surface area (Å²) in [5.74, 6) is -0.971. The summed E-state index contributed by atoms with van der Waals surface area (Å²) in [6, 6.07) is 4.80. The summed E-state index contributed by atoms with van der Waals surface area (Å²) in [5, 5.41) is 2.56. The highest BCUT2D eigenvalue weighted by Crippen LogP contribution is 2.20. The number of nitrogens with zero attached hydrogens (tertiary/aromatic N) is 3. The van der Waals surface area contributed by atoms with Crippen molar-refractivity contribution in [2.24, 2.45) is 0 Å². The molecule has 0 atom stereocenters. The number of hydrogen-bond acceptors (Lipinski definition) is 4. The van der Waals surface area contributed by atoms with E-state index in [1.54, 1.807) is 4.90 Å². The number of benzene rings is 1. The zero-order valence-corrected chi connectivity index (χ0v) is 16.3. The minimum absolute atomic E-state index is 0.0636. The molecule has 1 aliphatic rings. The van der Waals surface area contributed by atoms with Crippen LogP contribution in [0.5, 0.6) is 0 Å². The van der Waals surface area contributed by atoms with Crippen LogP contribution < -0.4 is 5.32 Å². The van der Waals surface area contributed by atoms with Crippen molar-refractivity contribution in [3.63, 3.8) is 0 Å². The van der Waals surface area contributed by atoms with Crippen molar-refractivity contribution in [3.8, 4) is 0 Å². The number of halogens is 1. The van der Waals surface area contributed by atoms with Crippen LogP contribution in [0.1, 0.15) is 13.8 Å². The van der Waals surface area contributed by atoms with Gasteiger partial charge in [-0.15, -0.1) is 0 Å². The normalized spacial score (nSPS) is 15.4. The first-order valence-electron chi connectivity index (χ1n) is 8.86. The summed E-state index contributed by atoms with van der Waals surface area (Å²) in [6.45, 7) is 5.21. The largest absolute Gasteiger partial charge is 0.342 e. The van der Waals surface area contributed by atoms with Gasteiger partial charge < -0.3 is 15.1 Å². The van der Waals surface area contributed by atoms with Crippen molar-refractivity contribution in [1.29, 1.82) is 0 Å². The first-order chi connectivity index (χ1) is 12.8. The molecule has 0 unspecified atom stereocenters. The van der Waals surface area contributed by atoms with E-state index in [1.807, 2.05) is 13.8 Å². The van der Waals surface area contributed by atoms with Gasteiger partial charge in [0.05, 0.1) is 6.54 Å². The molecule has 27 heavy (non-hydrogen) atoms. The summed E-state index contributed by atoms with van der Waals surface area (Å²) in [4.78, 5) is 26.8. The number of rotatable bonds is 6. The topological polar surface area (TPSA) is 90.0 Å². The van der Waals surface area contributed by atoms with Crippen molar-refractivity contribution in [2.45, 2.75) is 18.7 Å². The van der Waals surface area contributed by atoms with Crippen molar-refractivity contribution in [2.75, 3.05) is 45.8 Å². The fourth-order valence-electron chi connectivity index (χ4n) is 2.88. The maximum absolute atomic E-state index is 13.8. The number of hydrogen-bond donors (Lipinski definition) is 1. The third-order valence-electron chi connectivity index (χ3n) is 4.49. The van der Waals surface area contributed by atoms with Gasteiger partial charge in [-0.3, -0.25) is 4.79 Å². The van der Waals surface area contributed by atoms with Gasteiger partial charge in [0.1, 0.15) is 10.7 Å². The average molecular weight is 400 g/mol. The molecule has 1 fully saturated rings. The molecule has 1 aliphatic heterocycles. The third kappa shape index (κ3) is 4.95. The molecule has 8 nitrogen and oxygen atoms in total. The molecule has 1 aromatic rings. The molecule has 0 aromatic heterocycles. The van der Waals surface area contributed by atoms with Crippen LogP contribution in [0.2, 0.25) is 0 Å². The lowest BCUT2D eigenvalue weighted by atomic mass is 10.3. The lowest BCUT2D eigenvalue weighted by molar-refractivity contribution is -0.129. The summed E-state index contributed by atoms with van der Waals surface area (Å²) in [7, 11) is -3.95. The Bertz CT molecular complexity index is 775. The Hall–Kier alpha value is -2.20. The Balaban J connectivity index is 1.90. The third-order valence-corrected chi connectivity index (χ3v) is 6.42. The van der Waals surface area contributed by atoms with Crippen molar-refractivity contribution in [3.05, 3.63) is 30.1 Å². The number of likely N-dealkylation sites (N-methyl/N-ethyl adjacent to an activating group) is 1. The second-order valence-corrected chi connectivity index (χ2v) is 7.95. The molecule has 2 rings (SSSR count). The van der Waals surface area contributed by atoms with E-state index in [1.165, 1.54) is 23.1 Å². The van der Waals surface area contributed by atoms with Crippen LogP contribution in [0.25, 0.3) is 0 Å². The number of urea groups is 1. The number of sulfonamides is 1. The molecule has 0 aliphatic carbocycles. The van der Waals surface area contributed by atoms with Crippen LogP contribution in [0, 0.1) is 5.82 Å². The van der Waals surface area contributed by atoms with Gasteiger partial charge >= 0.3 is 6.03 Å². The van der Waals surface area contributed by atoms with Crippen LogP contribution >= 0.6 is 0 Å². The maximum Gasteiger partial charge on any atom is 0.317 e. The highest BCUT2D eigenvalue weighted by atomic mass is 32.2. The Morgan fingerprint density at radius 3 is 2.26 bits per heavy atom. The summed E-state index contributed by atoms with van der Waals surface area (Å²) in [6.07, 6.45) is 0. The van der Waals surface area contributed by atoms with E-state index in [0.29, 0.717) is 13.1 Å². The number of piperazine rings is 1. The number of amides is 3. The molecule has 1 heterocycles. The Labute approximate surface area is 159 Å². The molecule has 1 saturated heterocycles. The monoisotopic (exact) mass is 400 g/mol. The summed E-state index contributed by atoms with van der Waals surface area (Å²) >= 11 is 0. The van der Waals surface area contributed by atoms with Gasteiger partial charge in [0.25, 0.3) is 0 Å². The second kappa shape index (κ2) is 9.14. The van der Waals surface area contributed by atoms with Gasteiger partial charge in [0.15, 0.2) is 0 Å². The quantitative estimate of drug-likeness (QED) is 0.762. The van der Waals surface area contributed by atoms with E-state index in [9.17, 15) is 22.4 Å². The van der Waals surface area contributed by atoms with Gasteiger partial charge in [-0.25, -0.2) is 17.6 Å². The first kappa shape index (κ1) is 21.1. The molecule has 0 saturated carbocycles.